The number of likely N-dealkylation sites (tertiary alicyclic amines) is 1. The van der Waals surface area contributed by atoms with E-state index in [0.717, 1.165) is 12.0 Å². The van der Waals surface area contributed by atoms with E-state index in [2.05, 4.69) is 5.32 Å². The van der Waals surface area contributed by atoms with Gasteiger partial charge >= 0.3 is 5.97 Å². The number of hydrogen-bond acceptors (Lipinski definition) is 4. The Balaban J connectivity index is 1.76. The van der Waals surface area contributed by atoms with Crippen LogP contribution in [0, 0.1) is 6.92 Å². The van der Waals surface area contributed by atoms with Crippen molar-refractivity contribution in [1.29, 1.82) is 0 Å². The van der Waals surface area contributed by atoms with Gasteiger partial charge in [-0.3, -0.25) is 9.59 Å². The fourth-order valence-electron chi connectivity index (χ4n) is 3.34. The molecule has 1 saturated heterocycles. The van der Waals surface area contributed by atoms with E-state index in [4.69, 9.17) is 9.84 Å². The predicted octanol–water partition coefficient (Wildman–Crippen LogP) is 2.95. The molecule has 1 aliphatic rings. The molecule has 0 radical (unpaired) electrons. The van der Waals surface area contributed by atoms with Crippen molar-refractivity contribution in [3.63, 3.8) is 0 Å². The van der Waals surface area contributed by atoms with E-state index in [1.807, 2.05) is 19.1 Å². The first-order chi connectivity index (χ1) is 13.4. The summed E-state index contributed by atoms with van der Waals surface area (Å²) in [7, 11) is 1.53. The number of ether oxygens (including phenoxy) is 1. The molecule has 28 heavy (non-hydrogen) atoms. The Morgan fingerprint density at radius 2 is 1.79 bits per heavy atom. The number of carbonyl (C=O) groups excluding carboxylic acids is 2. The van der Waals surface area contributed by atoms with Crippen LogP contribution < -0.4 is 10.1 Å². The lowest BCUT2D eigenvalue weighted by Crippen LogP contribution is -2.43. The molecule has 2 amide bonds. The van der Waals surface area contributed by atoms with E-state index in [0.29, 0.717) is 30.0 Å². The molecule has 1 heterocycles. The number of anilines is 1. The summed E-state index contributed by atoms with van der Waals surface area (Å²) in [6.07, 6.45) is 1.29. The summed E-state index contributed by atoms with van der Waals surface area (Å²) < 4.78 is 5.29. The maximum atomic E-state index is 12.8. The van der Waals surface area contributed by atoms with Crippen molar-refractivity contribution in [2.24, 2.45) is 0 Å². The monoisotopic (exact) mass is 382 g/mol. The Morgan fingerprint density at radius 1 is 1.11 bits per heavy atom. The van der Waals surface area contributed by atoms with Crippen LogP contribution in [0.15, 0.2) is 42.5 Å². The number of aromatic carboxylic acids is 1. The van der Waals surface area contributed by atoms with Gasteiger partial charge in [-0.15, -0.1) is 0 Å². The quantitative estimate of drug-likeness (QED) is 0.829. The number of hydrogen-bond donors (Lipinski definition) is 2. The van der Waals surface area contributed by atoms with Crippen molar-refractivity contribution in [3.05, 3.63) is 59.2 Å². The molecule has 146 valence electrons. The molecular weight excluding hydrogens is 360 g/mol. The maximum Gasteiger partial charge on any atom is 0.335 e. The van der Waals surface area contributed by atoms with Crippen molar-refractivity contribution in [2.45, 2.75) is 25.8 Å². The zero-order chi connectivity index (χ0) is 20.3. The lowest BCUT2D eigenvalue weighted by atomic mass is 10.1. The first-order valence-corrected chi connectivity index (χ1v) is 9.00. The predicted molar refractivity (Wildman–Crippen MR) is 104 cm³/mol. The molecule has 7 nitrogen and oxygen atoms in total. The van der Waals surface area contributed by atoms with Crippen LogP contribution in [-0.2, 0) is 4.79 Å². The number of rotatable bonds is 5. The summed E-state index contributed by atoms with van der Waals surface area (Å²) in [4.78, 5) is 38.2. The highest BCUT2D eigenvalue weighted by molar-refractivity contribution is 6.02. The van der Waals surface area contributed by atoms with Gasteiger partial charge in [0, 0.05) is 12.1 Å². The zero-order valence-corrected chi connectivity index (χ0v) is 15.8. The summed E-state index contributed by atoms with van der Waals surface area (Å²) in [5.74, 6) is -1.05. The standard InChI is InChI=1S/C21H22N2O5/c1-13-5-10-18(28-2)16(12-13)22-19(24)17-4-3-11-23(17)20(25)14-6-8-15(9-7-14)21(26)27/h5-10,12,17H,3-4,11H2,1-2H3,(H,22,24)(H,26,27). The van der Waals surface area contributed by atoms with Gasteiger partial charge in [0.2, 0.25) is 5.91 Å². The van der Waals surface area contributed by atoms with Crippen LogP contribution in [0.25, 0.3) is 0 Å². The number of carboxylic acid groups (broad SMARTS) is 1. The number of carbonyl (C=O) groups is 3. The number of amides is 2. The normalized spacial score (nSPS) is 15.9. The highest BCUT2D eigenvalue weighted by atomic mass is 16.5. The Morgan fingerprint density at radius 3 is 2.43 bits per heavy atom. The van der Waals surface area contributed by atoms with E-state index in [9.17, 15) is 14.4 Å². The second-order valence-corrected chi connectivity index (χ2v) is 6.73. The second kappa shape index (κ2) is 8.12. The number of methoxy groups -OCH3 is 1. The number of aryl methyl sites for hydroxylation is 1. The first kappa shape index (κ1) is 19.4. The minimum atomic E-state index is -1.05. The van der Waals surface area contributed by atoms with E-state index in [-0.39, 0.29) is 17.4 Å². The first-order valence-electron chi connectivity index (χ1n) is 9.00. The van der Waals surface area contributed by atoms with Crippen LogP contribution in [0.5, 0.6) is 5.75 Å². The molecule has 2 aromatic rings. The molecular formula is C21H22N2O5. The van der Waals surface area contributed by atoms with Gasteiger partial charge in [0.25, 0.3) is 5.91 Å². The van der Waals surface area contributed by atoms with Gasteiger partial charge in [-0.25, -0.2) is 4.79 Å². The molecule has 0 aromatic heterocycles. The third kappa shape index (κ3) is 3.98. The number of carboxylic acids is 1. The topological polar surface area (TPSA) is 95.9 Å². The lowest BCUT2D eigenvalue weighted by molar-refractivity contribution is -0.119. The molecule has 1 fully saturated rings. The fourth-order valence-corrected chi connectivity index (χ4v) is 3.34. The molecule has 1 unspecified atom stereocenters. The number of nitrogens with zero attached hydrogens (tertiary/aromatic N) is 1. The molecule has 0 aliphatic carbocycles. The number of nitrogens with one attached hydrogen (secondary N) is 1. The van der Waals surface area contributed by atoms with E-state index in [1.165, 1.54) is 36.3 Å². The molecule has 0 saturated carbocycles. The number of benzene rings is 2. The van der Waals surface area contributed by atoms with Crippen LogP contribution in [0.2, 0.25) is 0 Å². The van der Waals surface area contributed by atoms with Crippen molar-refractivity contribution in [3.8, 4) is 5.75 Å². The van der Waals surface area contributed by atoms with E-state index in [1.54, 1.807) is 6.07 Å². The second-order valence-electron chi connectivity index (χ2n) is 6.73. The zero-order valence-electron chi connectivity index (χ0n) is 15.8. The Bertz CT molecular complexity index is 908. The van der Waals surface area contributed by atoms with E-state index >= 15 is 0 Å². The van der Waals surface area contributed by atoms with Crippen LogP contribution >= 0.6 is 0 Å². The maximum absolute atomic E-state index is 12.8. The van der Waals surface area contributed by atoms with Gasteiger partial charge in [0.15, 0.2) is 0 Å². The summed E-state index contributed by atoms with van der Waals surface area (Å²) in [5, 5.41) is 11.9. The molecule has 2 aromatic carbocycles. The highest BCUT2D eigenvalue weighted by Gasteiger charge is 2.34. The van der Waals surface area contributed by atoms with Crippen molar-refractivity contribution in [1.82, 2.24) is 4.90 Å². The fraction of sp³-hybridized carbons (Fsp3) is 0.286. The van der Waals surface area contributed by atoms with Crippen molar-refractivity contribution < 1.29 is 24.2 Å². The van der Waals surface area contributed by atoms with Gasteiger partial charge in [0.05, 0.1) is 18.4 Å². The molecule has 1 aliphatic heterocycles. The van der Waals surface area contributed by atoms with Crippen LogP contribution in [0.1, 0.15) is 39.1 Å². The van der Waals surface area contributed by atoms with Crippen LogP contribution in [0.3, 0.4) is 0 Å². The average molecular weight is 382 g/mol. The van der Waals surface area contributed by atoms with Crippen molar-refractivity contribution in [2.75, 3.05) is 19.0 Å². The molecule has 0 bridgehead atoms. The van der Waals surface area contributed by atoms with E-state index < -0.39 is 12.0 Å². The third-order valence-electron chi connectivity index (χ3n) is 4.81. The minimum absolute atomic E-state index is 0.110. The van der Waals surface area contributed by atoms with Gasteiger partial charge in [-0.2, -0.15) is 0 Å². The SMILES string of the molecule is COc1ccc(C)cc1NC(=O)C1CCCN1C(=O)c1ccc(C(=O)O)cc1. The summed E-state index contributed by atoms with van der Waals surface area (Å²) >= 11 is 0. The smallest absolute Gasteiger partial charge is 0.335 e. The molecule has 2 N–H and O–H groups in total. The average Bonchev–Trinajstić information content (AvgIpc) is 3.17. The van der Waals surface area contributed by atoms with Gasteiger partial charge in [-0.05, 0) is 61.7 Å². The molecule has 0 spiro atoms. The Kier molecular flexibility index (Phi) is 5.63. The van der Waals surface area contributed by atoms with Crippen LogP contribution in [0.4, 0.5) is 5.69 Å². The molecule has 3 rings (SSSR count). The summed E-state index contributed by atoms with van der Waals surface area (Å²) in [6.45, 7) is 2.39. The van der Waals surface area contributed by atoms with Crippen LogP contribution in [-0.4, -0.2) is 47.5 Å². The van der Waals surface area contributed by atoms with Gasteiger partial charge < -0.3 is 20.1 Å². The largest absolute Gasteiger partial charge is 0.495 e. The molecule has 1 atom stereocenters. The molecule has 7 heteroatoms. The third-order valence-corrected chi connectivity index (χ3v) is 4.81. The summed E-state index contributed by atoms with van der Waals surface area (Å²) in [6, 6.07) is 10.6. The van der Waals surface area contributed by atoms with Gasteiger partial charge in [-0.1, -0.05) is 6.07 Å². The Labute approximate surface area is 162 Å². The lowest BCUT2D eigenvalue weighted by Gasteiger charge is -2.24. The minimum Gasteiger partial charge on any atom is -0.495 e. The summed E-state index contributed by atoms with van der Waals surface area (Å²) in [5.41, 5.74) is 2.02. The highest BCUT2D eigenvalue weighted by Crippen LogP contribution is 2.27. The Hall–Kier alpha value is -3.35. The van der Waals surface area contributed by atoms with Gasteiger partial charge in [0.1, 0.15) is 11.8 Å². The van der Waals surface area contributed by atoms with Crippen molar-refractivity contribution >= 4 is 23.5 Å².